The summed E-state index contributed by atoms with van der Waals surface area (Å²) in [5.74, 6) is 0.864. The zero-order valence-corrected chi connectivity index (χ0v) is 11.1. The molecule has 1 saturated heterocycles. The van der Waals surface area contributed by atoms with E-state index < -0.39 is 6.09 Å². The maximum absolute atomic E-state index is 10.9. The lowest BCUT2D eigenvalue weighted by Crippen LogP contribution is -2.47. The summed E-state index contributed by atoms with van der Waals surface area (Å²) >= 11 is 0. The molecule has 1 atom stereocenters. The van der Waals surface area contributed by atoms with Crippen LogP contribution in [-0.4, -0.2) is 48.5 Å². The van der Waals surface area contributed by atoms with Crippen molar-refractivity contribution >= 4 is 12.2 Å². The van der Waals surface area contributed by atoms with Crippen molar-refractivity contribution < 1.29 is 19.4 Å². The van der Waals surface area contributed by atoms with Gasteiger partial charge < -0.3 is 19.5 Å². The summed E-state index contributed by atoms with van der Waals surface area (Å²) in [7, 11) is 0. The Morgan fingerprint density at radius 1 is 1.50 bits per heavy atom. The van der Waals surface area contributed by atoms with Gasteiger partial charge in [-0.15, -0.1) is 0 Å². The average Bonchev–Trinajstić information content (AvgIpc) is 2.94. The third-order valence-corrected chi connectivity index (χ3v) is 3.62. The Hall–Kier alpha value is -2.01. The smallest absolute Gasteiger partial charge is 0.407 e. The van der Waals surface area contributed by atoms with Gasteiger partial charge in [0.2, 0.25) is 0 Å². The minimum atomic E-state index is -0.900. The molecule has 5 heteroatoms. The van der Waals surface area contributed by atoms with Gasteiger partial charge in [-0.2, -0.15) is 0 Å². The van der Waals surface area contributed by atoms with Crippen molar-refractivity contribution in [2.75, 3.05) is 26.3 Å². The SMILES string of the molecule is O=C(O)N1CCOC(COc2cccc3c2CC=C3)C1. The molecule has 1 amide bonds. The summed E-state index contributed by atoms with van der Waals surface area (Å²) in [5.41, 5.74) is 2.39. The van der Waals surface area contributed by atoms with Gasteiger partial charge in [-0.05, 0) is 18.1 Å². The number of carbonyl (C=O) groups is 1. The van der Waals surface area contributed by atoms with Crippen molar-refractivity contribution in [2.45, 2.75) is 12.5 Å². The van der Waals surface area contributed by atoms with Crippen LogP contribution in [0.1, 0.15) is 11.1 Å². The number of amides is 1. The van der Waals surface area contributed by atoms with E-state index in [4.69, 9.17) is 14.6 Å². The lowest BCUT2D eigenvalue weighted by atomic mass is 10.1. The molecule has 0 bridgehead atoms. The van der Waals surface area contributed by atoms with Crippen LogP contribution in [0.25, 0.3) is 6.08 Å². The van der Waals surface area contributed by atoms with Crippen LogP contribution in [0, 0.1) is 0 Å². The molecule has 2 aliphatic rings. The number of morpholine rings is 1. The first kappa shape index (κ1) is 13.0. The predicted molar refractivity (Wildman–Crippen MR) is 74.0 cm³/mol. The van der Waals surface area contributed by atoms with Crippen molar-refractivity contribution in [1.29, 1.82) is 0 Å². The van der Waals surface area contributed by atoms with E-state index in [2.05, 4.69) is 18.2 Å². The van der Waals surface area contributed by atoms with Crippen molar-refractivity contribution in [3.63, 3.8) is 0 Å². The molecule has 1 heterocycles. The number of allylic oxidation sites excluding steroid dienone is 1. The maximum atomic E-state index is 10.9. The molecule has 1 aliphatic carbocycles. The van der Waals surface area contributed by atoms with Gasteiger partial charge in [-0.1, -0.05) is 24.3 Å². The summed E-state index contributed by atoms with van der Waals surface area (Å²) in [6.45, 7) is 1.59. The minimum absolute atomic E-state index is 0.204. The van der Waals surface area contributed by atoms with Gasteiger partial charge in [-0.3, -0.25) is 0 Å². The molecule has 106 valence electrons. The molecule has 1 fully saturated rings. The fraction of sp³-hybridized carbons (Fsp3) is 0.400. The van der Waals surface area contributed by atoms with E-state index in [1.165, 1.54) is 16.0 Å². The van der Waals surface area contributed by atoms with Crippen molar-refractivity contribution in [3.8, 4) is 5.75 Å². The first-order chi connectivity index (χ1) is 9.74. The van der Waals surface area contributed by atoms with Crippen molar-refractivity contribution in [3.05, 3.63) is 35.4 Å². The molecule has 0 radical (unpaired) electrons. The second-order valence-electron chi connectivity index (χ2n) is 4.96. The first-order valence-electron chi connectivity index (χ1n) is 6.75. The van der Waals surface area contributed by atoms with Crippen LogP contribution >= 0.6 is 0 Å². The molecule has 0 aromatic heterocycles. The van der Waals surface area contributed by atoms with Crippen LogP contribution < -0.4 is 4.74 Å². The standard InChI is InChI=1S/C15H17NO4/c17-15(18)16-7-8-19-12(9-16)10-20-14-6-2-4-11-3-1-5-13(11)14/h1-4,6,12H,5,7-10H2,(H,17,18). The Morgan fingerprint density at radius 3 is 3.25 bits per heavy atom. The van der Waals surface area contributed by atoms with Gasteiger partial charge in [-0.25, -0.2) is 4.79 Å². The topological polar surface area (TPSA) is 59.0 Å². The lowest BCUT2D eigenvalue weighted by Gasteiger charge is -2.31. The van der Waals surface area contributed by atoms with Crippen molar-refractivity contribution in [1.82, 2.24) is 4.90 Å². The molecule has 5 nitrogen and oxygen atoms in total. The molecular formula is C15H17NO4. The number of fused-ring (bicyclic) bond motifs is 1. The largest absolute Gasteiger partial charge is 0.490 e. The van der Waals surface area contributed by atoms with Crippen LogP contribution in [0.5, 0.6) is 5.75 Å². The lowest BCUT2D eigenvalue weighted by molar-refractivity contribution is -0.0413. The van der Waals surface area contributed by atoms with Crippen LogP contribution in [0.3, 0.4) is 0 Å². The van der Waals surface area contributed by atoms with E-state index in [1.54, 1.807) is 0 Å². The Balaban J connectivity index is 1.60. The molecule has 0 spiro atoms. The van der Waals surface area contributed by atoms with E-state index in [-0.39, 0.29) is 6.10 Å². The van der Waals surface area contributed by atoms with Crippen LogP contribution in [0.2, 0.25) is 0 Å². The predicted octanol–water partition coefficient (Wildman–Crippen LogP) is 2.01. The quantitative estimate of drug-likeness (QED) is 0.916. The molecular weight excluding hydrogens is 258 g/mol. The highest BCUT2D eigenvalue weighted by atomic mass is 16.5. The average molecular weight is 275 g/mol. The summed E-state index contributed by atoms with van der Waals surface area (Å²) < 4.78 is 11.4. The number of hydrogen-bond donors (Lipinski definition) is 1. The summed E-state index contributed by atoms with van der Waals surface area (Å²) in [6, 6.07) is 5.98. The van der Waals surface area contributed by atoms with E-state index >= 15 is 0 Å². The molecule has 20 heavy (non-hydrogen) atoms. The number of nitrogens with zero attached hydrogens (tertiary/aromatic N) is 1. The fourth-order valence-corrected chi connectivity index (χ4v) is 2.57. The zero-order valence-electron chi connectivity index (χ0n) is 11.1. The molecule has 1 aliphatic heterocycles. The van der Waals surface area contributed by atoms with Crippen molar-refractivity contribution in [2.24, 2.45) is 0 Å². The second-order valence-corrected chi connectivity index (χ2v) is 4.96. The molecule has 1 unspecified atom stereocenters. The summed E-state index contributed by atoms with van der Waals surface area (Å²) in [4.78, 5) is 12.3. The van der Waals surface area contributed by atoms with E-state index in [1.807, 2.05) is 12.1 Å². The Labute approximate surface area is 117 Å². The van der Waals surface area contributed by atoms with Crippen LogP contribution in [0.15, 0.2) is 24.3 Å². The van der Waals surface area contributed by atoms with Gasteiger partial charge in [0.15, 0.2) is 0 Å². The highest BCUT2D eigenvalue weighted by Gasteiger charge is 2.24. The summed E-state index contributed by atoms with van der Waals surface area (Å²) in [6.07, 6.45) is 3.98. The Kier molecular flexibility index (Phi) is 3.60. The zero-order chi connectivity index (χ0) is 13.9. The first-order valence-corrected chi connectivity index (χ1v) is 6.75. The fourth-order valence-electron chi connectivity index (χ4n) is 2.57. The van der Waals surface area contributed by atoms with Gasteiger partial charge in [0.05, 0.1) is 13.2 Å². The third-order valence-electron chi connectivity index (χ3n) is 3.62. The van der Waals surface area contributed by atoms with E-state index in [9.17, 15) is 4.79 Å². The minimum Gasteiger partial charge on any atom is -0.490 e. The number of ether oxygens (including phenoxy) is 2. The monoisotopic (exact) mass is 275 g/mol. The van der Waals surface area contributed by atoms with Crippen LogP contribution in [-0.2, 0) is 11.2 Å². The number of benzene rings is 1. The Bertz CT molecular complexity index is 541. The van der Waals surface area contributed by atoms with E-state index in [0.29, 0.717) is 26.3 Å². The maximum Gasteiger partial charge on any atom is 0.407 e. The molecule has 1 aromatic rings. The summed E-state index contributed by atoms with van der Waals surface area (Å²) in [5, 5.41) is 8.99. The molecule has 0 saturated carbocycles. The highest BCUT2D eigenvalue weighted by Crippen LogP contribution is 2.29. The van der Waals surface area contributed by atoms with E-state index in [0.717, 1.165) is 12.2 Å². The Morgan fingerprint density at radius 2 is 2.40 bits per heavy atom. The molecule has 1 N–H and O–H groups in total. The normalized spacial score (nSPS) is 20.8. The van der Waals surface area contributed by atoms with Crippen LogP contribution in [0.4, 0.5) is 4.79 Å². The van der Waals surface area contributed by atoms with Gasteiger partial charge >= 0.3 is 6.09 Å². The number of rotatable bonds is 3. The second kappa shape index (κ2) is 5.54. The number of carboxylic acid groups (broad SMARTS) is 1. The van der Waals surface area contributed by atoms with Gasteiger partial charge in [0.25, 0.3) is 0 Å². The molecule has 3 rings (SSSR count). The van der Waals surface area contributed by atoms with Gasteiger partial charge in [0.1, 0.15) is 18.5 Å². The third kappa shape index (κ3) is 2.63. The highest BCUT2D eigenvalue weighted by molar-refractivity contribution is 5.65. The van der Waals surface area contributed by atoms with Gasteiger partial charge in [0, 0.05) is 12.1 Å². The number of hydrogen-bond acceptors (Lipinski definition) is 3. The molecule has 1 aromatic carbocycles.